The predicted molar refractivity (Wildman–Crippen MR) is 54.8 cm³/mol. The molecule has 82 valence electrons. The normalized spacial score (nSPS) is 32.6. The Balaban J connectivity index is 2.50. The van der Waals surface area contributed by atoms with Gasteiger partial charge in [-0.2, -0.15) is 0 Å². The molecule has 0 saturated carbocycles. The van der Waals surface area contributed by atoms with E-state index < -0.39 is 0 Å². The molecular formula is C10H20N2O2. The van der Waals surface area contributed by atoms with Gasteiger partial charge in [-0.25, -0.2) is 0 Å². The van der Waals surface area contributed by atoms with Gasteiger partial charge in [-0.1, -0.05) is 6.92 Å². The first-order chi connectivity index (χ1) is 6.58. The molecule has 4 heteroatoms. The van der Waals surface area contributed by atoms with E-state index in [0.29, 0.717) is 13.0 Å². The fraction of sp³-hybridized carbons (Fsp3) is 0.900. The van der Waals surface area contributed by atoms with Gasteiger partial charge in [0.15, 0.2) is 0 Å². The maximum Gasteiger partial charge on any atom is 0.306 e. The van der Waals surface area contributed by atoms with Crippen molar-refractivity contribution in [3.05, 3.63) is 0 Å². The van der Waals surface area contributed by atoms with Crippen LogP contribution in [0.3, 0.4) is 0 Å². The quantitative estimate of drug-likeness (QED) is 0.642. The SMILES string of the molecule is CCOC(=O)CC1(C)CNCCC1N. The molecular weight excluding hydrogens is 180 g/mol. The summed E-state index contributed by atoms with van der Waals surface area (Å²) in [5, 5.41) is 3.27. The van der Waals surface area contributed by atoms with Crippen LogP contribution in [0.15, 0.2) is 0 Å². The Labute approximate surface area is 85.2 Å². The van der Waals surface area contributed by atoms with Crippen LogP contribution in [0.5, 0.6) is 0 Å². The number of hydrogen-bond acceptors (Lipinski definition) is 4. The van der Waals surface area contributed by atoms with E-state index in [1.54, 1.807) is 0 Å². The standard InChI is InChI=1S/C10H20N2O2/c1-3-14-9(13)6-10(2)7-12-5-4-8(10)11/h8,12H,3-7,11H2,1-2H3. The summed E-state index contributed by atoms with van der Waals surface area (Å²) >= 11 is 0. The van der Waals surface area contributed by atoms with Crippen molar-refractivity contribution in [3.63, 3.8) is 0 Å². The lowest BCUT2D eigenvalue weighted by atomic mass is 9.76. The Morgan fingerprint density at radius 3 is 3.00 bits per heavy atom. The molecule has 3 N–H and O–H groups in total. The smallest absolute Gasteiger partial charge is 0.306 e. The highest BCUT2D eigenvalue weighted by Crippen LogP contribution is 2.28. The second-order valence-corrected chi connectivity index (χ2v) is 4.21. The number of nitrogens with two attached hydrogens (primary N) is 1. The van der Waals surface area contributed by atoms with Crippen LogP contribution in [0.2, 0.25) is 0 Å². The van der Waals surface area contributed by atoms with Gasteiger partial charge in [0.2, 0.25) is 0 Å². The number of nitrogens with one attached hydrogen (secondary N) is 1. The van der Waals surface area contributed by atoms with Gasteiger partial charge in [0.1, 0.15) is 0 Å². The third-order valence-corrected chi connectivity index (χ3v) is 2.91. The lowest BCUT2D eigenvalue weighted by Crippen LogP contribution is -2.53. The Morgan fingerprint density at radius 1 is 1.71 bits per heavy atom. The van der Waals surface area contributed by atoms with Gasteiger partial charge in [0.25, 0.3) is 0 Å². The van der Waals surface area contributed by atoms with Crippen molar-refractivity contribution in [1.29, 1.82) is 0 Å². The Hall–Kier alpha value is -0.610. The van der Waals surface area contributed by atoms with E-state index >= 15 is 0 Å². The molecule has 1 heterocycles. The molecule has 0 aromatic carbocycles. The van der Waals surface area contributed by atoms with E-state index in [4.69, 9.17) is 10.5 Å². The molecule has 0 aromatic rings. The molecule has 14 heavy (non-hydrogen) atoms. The van der Waals surface area contributed by atoms with Crippen molar-refractivity contribution >= 4 is 5.97 Å². The van der Waals surface area contributed by atoms with Crippen molar-refractivity contribution < 1.29 is 9.53 Å². The summed E-state index contributed by atoms with van der Waals surface area (Å²) < 4.78 is 4.94. The number of esters is 1. The zero-order chi connectivity index (χ0) is 10.6. The lowest BCUT2D eigenvalue weighted by Gasteiger charge is -2.39. The van der Waals surface area contributed by atoms with Crippen LogP contribution in [-0.2, 0) is 9.53 Å². The maximum absolute atomic E-state index is 11.4. The van der Waals surface area contributed by atoms with Gasteiger partial charge in [-0.15, -0.1) is 0 Å². The zero-order valence-corrected chi connectivity index (χ0v) is 9.01. The maximum atomic E-state index is 11.4. The van der Waals surface area contributed by atoms with Crippen LogP contribution in [0.1, 0.15) is 26.7 Å². The fourth-order valence-electron chi connectivity index (χ4n) is 1.85. The van der Waals surface area contributed by atoms with Crippen LogP contribution in [0.4, 0.5) is 0 Å². The second kappa shape index (κ2) is 4.75. The van der Waals surface area contributed by atoms with Gasteiger partial charge in [-0.05, 0) is 19.9 Å². The molecule has 0 aromatic heterocycles. The van der Waals surface area contributed by atoms with E-state index in [1.165, 1.54) is 0 Å². The molecule has 0 bridgehead atoms. The summed E-state index contributed by atoms with van der Waals surface area (Å²) in [6.45, 7) is 6.05. The minimum Gasteiger partial charge on any atom is -0.466 e. The Kier molecular flexibility index (Phi) is 3.89. The van der Waals surface area contributed by atoms with Crippen molar-refractivity contribution in [1.82, 2.24) is 5.32 Å². The average Bonchev–Trinajstić information content (AvgIpc) is 2.10. The first kappa shape index (κ1) is 11.5. The molecule has 1 aliphatic heterocycles. The van der Waals surface area contributed by atoms with Gasteiger partial charge >= 0.3 is 5.97 Å². The summed E-state index contributed by atoms with van der Waals surface area (Å²) in [6.07, 6.45) is 1.34. The van der Waals surface area contributed by atoms with E-state index in [0.717, 1.165) is 19.5 Å². The van der Waals surface area contributed by atoms with Gasteiger partial charge in [0, 0.05) is 18.0 Å². The number of ether oxygens (including phenoxy) is 1. The molecule has 1 aliphatic rings. The van der Waals surface area contributed by atoms with E-state index in [9.17, 15) is 4.79 Å². The number of hydrogen-bond donors (Lipinski definition) is 2. The highest BCUT2D eigenvalue weighted by molar-refractivity contribution is 5.70. The van der Waals surface area contributed by atoms with E-state index in [2.05, 4.69) is 5.32 Å². The monoisotopic (exact) mass is 200 g/mol. The highest BCUT2D eigenvalue weighted by atomic mass is 16.5. The summed E-state index contributed by atoms with van der Waals surface area (Å²) in [7, 11) is 0. The molecule has 0 radical (unpaired) electrons. The van der Waals surface area contributed by atoms with Gasteiger partial charge < -0.3 is 15.8 Å². The largest absolute Gasteiger partial charge is 0.466 e. The third-order valence-electron chi connectivity index (χ3n) is 2.91. The molecule has 4 nitrogen and oxygen atoms in total. The number of rotatable bonds is 3. The van der Waals surface area contributed by atoms with E-state index in [-0.39, 0.29) is 17.4 Å². The summed E-state index contributed by atoms with van der Waals surface area (Å²) in [6, 6.07) is 0.0909. The molecule has 0 spiro atoms. The lowest BCUT2D eigenvalue weighted by molar-refractivity contribution is -0.146. The molecule has 1 fully saturated rings. The van der Waals surface area contributed by atoms with Crippen molar-refractivity contribution in [2.75, 3.05) is 19.7 Å². The third kappa shape index (κ3) is 2.69. The molecule has 0 amide bonds. The topological polar surface area (TPSA) is 64.3 Å². The second-order valence-electron chi connectivity index (χ2n) is 4.21. The summed E-state index contributed by atoms with van der Waals surface area (Å²) in [5.74, 6) is -0.144. The first-order valence-corrected chi connectivity index (χ1v) is 5.20. The van der Waals surface area contributed by atoms with Crippen LogP contribution in [0.25, 0.3) is 0 Å². The highest BCUT2D eigenvalue weighted by Gasteiger charge is 2.36. The fourth-order valence-corrected chi connectivity index (χ4v) is 1.85. The molecule has 1 saturated heterocycles. The molecule has 0 aliphatic carbocycles. The first-order valence-electron chi connectivity index (χ1n) is 5.20. The van der Waals surface area contributed by atoms with Crippen LogP contribution < -0.4 is 11.1 Å². The Morgan fingerprint density at radius 2 is 2.43 bits per heavy atom. The number of carbonyl (C=O) groups is 1. The minimum atomic E-state index is -0.148. The summed E-state index contributed by atoms with van der Waals surface area (Å²) in [4.78, 5) is 11.4. The Bertz CT molecular complexity index is 208. The number of carbonyl (C=O) groups excluding carboxylic acids is 1. The van der Waals surface area contributed by atoms with Crippen molar-refractivity contribution in [2.45, 2.75) is 32.7 Å². The van der Waals surface area contributed by atoms with Gasteiger partial charge in [-0.3, -0.25) is 4.79 Å². The molecule has 2 atom stereocenters. The zero-order valence-electron chi connectivity index (χ0n) is 9.01. The van der Waals surface area contributed by atoms with Crippen LogP contribution in [0, 0.1) is 5.41 Å². The van der Waals surface area contributed by atoms with Crippen LogP contribution in [-0.4, -0.2) is 31.7 Å². The van der Waals surface area contributed by atoms with Gasteiger partial charge in [0.05, 0.1) is 13.0 Å². The van der Waals surface area contributed by atoms with Crippen LogP contribution >= 0.6 is 0 Å². The molecule has 2 unspecified atom stereocenters. The molecule has 1 rings (SSSR count). The van der Waals surface area contributed by atoms with E-state index in [1.807, 2.05) is 13.8 Å². The number of piperidine rings is 1. The minimum absolute atomic E-state index is 0.0909. The van der Waals surface area contributed by atoms with Crippen molar-refractivity contribution in [3.8, 4) is 0 Å². The summed E-state index contributed by atoms with van der Waals surface area (Å²) in [5.41, 5.74) is 5.86. The predicted octanol–water partition coefficient (Wildman–Crippen LogP) is 0.267. The average molecular weight is 200 g/mol. The van der Waals surface area contributed by atoms with Crippen molar-refractivity contribution in [2.24, 2.45) is 11.1 Å².